The van der Waals surface area contributed by atoms with Crippen LogP contribution in [0.3, 0.4) is 0 Å². The van der Waals surface area contributed by atoms with Gasteiger partial charge in [0.1, 0.15) is 20.3 Å². The topological polar surface area (TPSA) is 52.6 Å². The highest BCUT2D eigenvalue weighted by Crippen LogP contribution is 2.12. The van der Waals surface area contributed by atoms with Gasteiger partial charge in [-0.15, -0.1) is 11.5 Å². The minimum atomic E-state index is -1.45. The predicted octanol–water partition coefficient (Wildman–Crippen LogP) is 2.70. The summed E-state index contributed by atoms with van der Waals surface area (Å²) in [5.41, 5.74) is 3.22. The van der Waals surface area contributed by atoms with Crippen molar-refractivity contribution >= 4 is 20.0 Å². The van der Waals surface area contributed by atoms with Gasteiger partial charge in [-0.3, -0.25) is 9.59 Å². The van der Waals surface area contributed by atoms with E-state index in [-0.39, 0.29) is 11.9 Å². The molecule has 0 unspecified atom stereocenters. The smallest absolute Gasteiger partial charge is 0.303 e. The van der Waals surface area contributed by atoms with E-state index in [1.54, 1.807) is 0 Å². The molecular weight excluding hydrogens is 272 g/mol. The maximum Gasteiger partial charge on any atom is 0.303 e. The normalized spacial score (nSPS) is 13.4. The van der Waals surface area contributed by atoms with Gasteiger partial charge in [-0.05, 0) is 0 Å². The Balaban J connectivity index is 4.69. The van der Waals surface area contributed by atoms with Crippen LogP contribution in [0.25, 0.3) is 0 Å². The molecule has 0 aliphatic rings. The van der Waals surface area contributed by atoms with Gasteiger partial charge in [0.2, 0.25) is 0 Å². The molecule has 0 aromatic heterocycles. The molecule has 0 radical (unpaired) electrons. The fourth-order valence-corrected chi connectivity index (χ4v) is 2.13. The van der Waals surface area contributed by atoms with Crippen molar-refractivity contribution in [3.63, 3.8) is 0 Å². The van der Waals surface area contributed by atoms with Gasteiger partial charge in [-0.2, -0.15) is 0 Å². The Bertz CT molecular complexity index is 412. The summed E-state index contributed by atoms with van der Waals surface area (Å²) >= 11 is 0. The molecule has 0 aliphatic heterocycles. The first-order chi connectivity index (χ1) is 9.14. The van der Waals surface area contributed by atoms with Gasteiger partial charge in [-0.25, -0.2) is 0 Å². The fraction of sp³-hybridized carbons (Fsp3) is 0.600. The number of hydrogen-bond acceptors (Lipinski definition) is 4. The molecule has 0 aliphatic carbocycles. The number of esters is 2. The van der Waals surface area contributed by atoms with E-state index >= 15 is 0 Å². The Morgan fingerprint density at radius 1 is 1.20 bits per heavy atom. The molecule has 4 nitrogen and oxygen atoms in total. The van der Waals surface area contributed by atoms with E-state index in [1.807, 2.05) is 0 Å². The van der Waals surface area contributed by atoms with Gasteiger partial charge < -0.3 is 9.47 Å². The SMILES string of the molecule is C=C[C@@H](C[C@@H](CC#C[Si](C)(C)C)OC(C)=O)OC(C)=O. The van der Waals surface area contributed by atoms with Gasteiger partial charge >= 0.3 is 11.9 Å². The summed E-state index contributed by atoms with van der Waals surface area (Å²) in [5.74, 6) is 2.32. The molecule has 2 atom stereocenters. The monoisotopic (exact) mass is 296 g/mol. The minimum absolute atomic E-state index is 0.365. The molecule has 0 aromatic carbocycles. The zero-order chi connectivity index (χ0) is 15.8. The molecule has 0 amide bonds. The molecule has 0 bridgehead atoms. The summed E-state index contributed by atoms with van der Waals surface area (Å²) in [6.45, 7) is 12.7. The maximum absolute atomic E-state index is 11.1. The van der Waals surface area contributed by atoms with Crippen LogP contribution in [0.1, 0.15) is 26.7 Å². The van der Waals surface area contributed by atoms with Crippen molar-refractivity contribution in [2.75, 3.05) is 0 Å². The van der Waals surface area contributed by atoms with Gasteiger partial charge in [0.15, 0.2) is 0 Å². The van der Waals surface area contributed by atoms with Crippen LogP contribution in [-0.2, 0) is 19.1 Å². The largest absolute Gasteiger partial charge is 0.461 e. The molecule has 0 saturated carbocycles. The van der Waals surface area contributed by atoms with Gasteiger partial charge in [0.05, 0.1) is 0 Å². The Hall–Kier alpha value is -1.54. The van der Waals surface area contributed by atoms with Gasteiger partial charge in [-0.1, -0.05) is 32.3 Å². The molecule has 0 saturated heterocycles. The van der Waals surface area contributed by atoms with Crippen LogP contribution in [0, 0.1) is 11.5 Å². The molecule has 5 heteroatoms. The Labute approximate surface area is 122 Å². The van der Waals surface area contributed by atoms with Crippen molar-refractivity contribution in [3.8, 4) is 11.5 Å². The second-order valence-corrected chi connectivity index (χ2v) is 10.4. The molecular formula is C15H24O4Si. The van der Waals surface area contributed by atoms with Crippen molar-refractivity contribution in [2.24, 2.45) is 0 Å². The zero-order valence-electron chi connectivity index (χ0n) is 13.0. The lowest BCUT2D eigenvalue weighted by Crippen LogP contribution is -2.25. The quantitative estimate of drug-likeness (QED) is 0.327. The molecule has 0 heterocycles. The first-order valence-corrected chi connectivity index (χ1v) is 10.1. The van der Waals surface area contributed by atoms with E-state index in [2.05, 4.69) is 37.7 Å². The average Bonchev–Trinajstić information content (AvgIpc) is 2.24. The maximum atomic E-state index is 11.1. The van der Waals surface area contributed by atoms with E-state index in [1.165, 1.54) is 19.9 Å². The summed E-state index contributed by atoms with van der Waals surface area (Å²) in [6, 6.07) is 0. The van der Waals surface area contributed by atoms with Crippen LogP contribution in [0.4, 0.5) is 0 Å². The number of hydrogen-bond donors (Lipinski definition) is 0. The van der Waals surface area contributed by atoms with Crippen LogP contribution >= 0.6 is 0 Å². The minimum Gasteiger partial charge on any atom is -0.461 e. The van der Waals surface area contributed by atoms with Crippen molar-refractivity contribution in [1.82, 2.24) is 0 Å². The van der Waals surface area contributed by atoms with Crippen LogP contribution in [-0.4, -0.2) is 32.2 Å². The Kier molecular flexibility index (Phi) is 7.93. The van der Waals surface area contributed by atoms with Crippen LogP contribution in [0.5, 0.6) is 0 Å². The highest BCUT2D eigenvalue weighted by atomic mass is 28.3. The van der Waals surface area contributed by atoms with Crippen molar-refractivity contribution in [2.45, 2.75) is 58.5 Å². The molecule has 0 fully saturated rings. The third-order valence-electron chi connectivity index (χ3n) is 2.20. The van der Waals surface area contributed by atoms with Gasteiger partial charge in [0, 0.05) is 26.7 Å². The van der Waals surface area contributed by atoms with E-state index < -0.39 is 20.3 Å². The predicted molar refractivity (Wildman–Crippen MR) is 81.7 cm³/mol. The standard InChI is InChI=1S/C15H24O4Si/c1-7-14(18-12(2)16)11-15(19-13(3)17)9-8-10-20(4,5)6/h7,14-15H,1,9,11H2,2-6H3/t14-,15+/m0/s1. The highest BCUT2D eigenvalue weighted by molar-refractivity contribution is 6.83. The first kappa shape index (κ1) is 18.5. The molecule has 0 spiro atoms. The van der Waals surface area contributed by atoms with E-state index in [0.717, 1.165) is 0 Å². The third kappa shape index (κ3) is 10.4. The summed E-state index contributed by atoms with van der Waals surface area (Å²) in [6.07, 6.45) is 1.49. The highest BCUT2D eigenvalue weighted by Gasteiger charge is 2.18. The van der Waals surface area contributed by atoms with E-state index in [9.17, 15) is 9.59 Å². The van der Waals surface area contributed by atoms with E-state index in [0.29, 0.717) is 12.8 Å². The van der Waals surface area contributed by atoms with Gasteiger partial charge in [0.25, 0.3) is 0 Å². The second-order valence-electron chi connectivity index (χ2n) is 5.61. The molecule has 20 heavy (non-hydrogen) atoms. The second kappa shape index (κ2) is 8.59. The number of ether oxygens (including phenoxy) is 2. The fourth-order valence-electron chi connectivity index (χ4n) is 1.50. The zero-order valence-corrected chi connectivity index (χ0v) is 14.0. The first-order valence-electron chi connectivity index (χ1n) is 6.61. The molecule has 0 aromatic rings. The number of carbonyl (C=O) groups excluding carboxylic acids is 2. The summed E-state index contributed by atoms with van der Waals surface area (Å²) in [7, 11) is -1.45. The molecule has 0 N–H and O–H groups in total. The lowest BCUT2D eigenvalue weighted by atomic mass is 10.1. The van der Waals surface area contributed by atoms with Crippen LogP contribution in [0.2, 0.25) is 19.6 Å². The Morgan fingerprint density at radius 3 is 2.15 bits per heavy atom. The number of carbonyl (C=O) groups is 2. The van der Waals surface area contributed by atoms with Crippen molar-refractivity contribution in [3.05, 3.63) is 12.7 Å². The van der Waals surface area contributed by atoms with Crippen molar-refractivity contribution < 1.29 is 19.1 Å². The van der Waals surface area contributed by atoms with Crippen molar-refractivity contribution in [1.29, 1.82) is 0 Å². The average molecular weight is 296 g/mol. The van der Waals surface area contributed by atoms with E-state index in [4.69, 9.17) is 9.47 Å². The molecule has 112 valence electrons. The summed E-state index contributed by atoms with van der Waals surface area (Å²) in [4.78, 5) is 22.1. The van der Waals surface area contributed by atoms with Crippen LogP contribution < -0.4 is 0 Å². The summed E-state index contributed by atoms with van der Waals surface area (Å²) < 4.78 is 10.3. The third-order valence-corrected chi connectivity index (χ3v) is 3.13. The lowest BCUT2D eigenvalue weighted by molar-refractivity contribution is -0.150. The number of rotatable bonds is 6. The lowest BCUT2D eigenvalue weighted by Gasteiger charge is -2.19. The Morgan fingerprint density at radius 2 is 1.75 bits per heavy atom. The summed E-state index contributed by atoms with van der Waals surface area (Å²) in [5, 5.41) is 0. The van der Waals surface area contributed by atoms with Crippen LogP contribution in [0.15, 0.2) is 12.7 Å². The molecule has 0 rings (SSSR count).